The number of ether oxygens (including phenoxy) is 1. The van der Waals surface area contributed by atoms with Crippen LogP contribution in [0.15, 0.2) is 48.5 Å². The topological polar surface area (TPSA) is 29.5 Å². The molecule has 3 heteroatoms. The summed E-state index contributed by atoms with van der Waals surface area (Å²) in [4.78, 5) is 0. The molecular weight excluding hydrogens is 363 g/mol. The van der Waals surface area contributed by atoms with Crippen LogP contribution in [0.3, 0.4) is 0 Å². The molecule has 0 spiro atoms. The molecule has 0 aromatic heterocycles. The Labute approximate surface area is 133 Å². The third-order valence-electron chi connectivity index (χ3n) is 3.18. The Kier molecular flexibility index (Phi) is 4.70. The second-order valence-corrected chi connectivity index (χ2v) is 6.49. The van der Waals surface area contributed by atoms with Gasteiger partial charge >= 0.3 is 0 Å². The zero-order valence-electron chi connectivity index (χ0n) is 11.9. The summed E-state index contributed by atoms with van der Waals surface area (Å²) in [6.07, 6.45) is 0.0728. The highest BCUT2D eigenvalue weighted by molar-refractivity contribution is 14.1. The highest BCUT2D eigenvalue weighted by Gasteiger charge is 2.29. The predicted octanol–water partition coefficient (Wildman–Crippen LogP) is 4.33. The van der Waals surface area contributed by atoms with Crippen molar-refractivity contribution in [3.8, 4) is 5.75 Å². The summed E-state index contributed by atoms with van der Waals surface area (Å²) in [6.45, 7) is 5.77. The first kappa shape index (κ1) is 15.3. The van der Waals surface area contributed by atoms with E-state index >= 15 is 0 Å². The Morgan fingerprint density at radius 3 is 2.25 bits per heavy atom. The van der Waals surface area contributed by atoms with Crippen LogP contribution in [0.4, 0.5) is 0 Å². The van der Waals surface area contributed by atoms with Crippen LogP contribution in [0.2, 0.25) is 0 Å². The highest BCUT2D eigenvalue weighted by atomic mass is 127. The van der Waals surface area contributed by atoms with E-state index in [-0.39, 0.29) is 6.10 Å². The van der Waals surface area contributed by atoms with E-state index in [0.29, 0.717) is 0 Å². The monoisotopic (exact) mass is 382 g/mol. The van der Waals surface area contributed by atoms with Gasteiger partial charge in [-0.2, -0.15) is 0 Å². The van der Waals surface area contributed by atoms with E-state index in [2.05, 4.69) is 22.6 Å². The number of aliphatic hydroxyl groups is 1. The molecule has 0 bridgehead atoms. The van der Waals surface area contributed by atoms with Crippen LogP contribution < -0.4 is 4.74 Å². The number of hydrogen-bond acceptors (Lipinski definition) is 2. The van der Waals surface area contributed by atoms with Gasteiger partial charge in [0.25, 0.3) is 0 Å². The molecule has 20 heavy (non-hydrogen) atoms. The van der Waals surface area contributed by atoms with Gasteiger partial charge in [-0.15, -0.1) is 0 Å². The van der Waals surface area contributed by atoms with Gasteiger partial charge in [0.05, 0.1) is 6.10 Å². The van der Waals surface area contributed by atoms with E-state index in [4.69, 9.17) is 4.74 Å². The van der Waals surface area contributed by atoms with E-state index in [9.17, 15) is 5.11 Å². The lowest BCUT2D eigenvalue weighted by molar-refractivity contribution is 0.0958. The van der Waals surface area contributed by atoms with Crippen LogP contribution in [0, 0.1) is 3.57 Å². The van der Waals surface area contributed by atoms with Crippen molar-refractivity contribution in [2.45, 2.75) is 32.5 Å². The molecule has 0 saturated heterocycles. The number of halogens is 1. The average molecular weight is 382 g/mol. The van der Waals surface area contributed by atoms with Gasteiger partial charge in [0, 0.05) is 9.13 Å². The number of hydrogen-bond donors (Lipinski definition) is 1. The lowest BCUT2D eigenvalue weighted by Crippen LogP contribution is -2.24. The van der Waals surface area contributed by atoms with E-state index in [1.807, 2.05) is 62.4 Å². The molecule has 0 aliphatic carbocycles. The Balaban J connectivity index is 2.45. The van der Waals surface area contributed by atoms with Crippen molar-refractivity contribution in [3.63, 3.8) is 0 Å². The number of rotatable bonds is 4. The molecule has 1 unspecified atom stereocenters. The molecule has 2 rings (SSSR count). The van der Waals surface area contributed by atoms with Crippen LogP contribution in [0.25, 0.3) is 0 Å². The second kappa shape index (κ2) is 6.14. The first-order valence-electron chi connectivity index (χ1n) is 6.66. The van der Waals surface area contributed by atoms with Crippen LogP contribution >= 0.6 is 22.6 Å². The van der Waals surface area contributed by atoms with Gasteiger partial charge in [-0.1, -0.05) is 30.3 Å². The largest absolute Gasteiger partial charge is 0.491 e. The summed E-state index contributed by atoms with van der Waals surface area (Å²) >= 11 is 2.26. The Hall–Kier alpha value is -1.07. The van der Waals surface area contributed by atoms with Gasteiger partial charge in [0.15, 0.2) is 0 Å². The minimum atomic E-state index is -1.07. The molecule has 0 radical (unpaired) electrons. The molecule has 2 aromatic carbocycles. The summed E-state index contributed by atoms with van der Waals surface area (Å²) < 4.78 is 6.96. The first-order valence-corrected chi connectivity index (χ1v) is 7.73. The highest BCUT2D eigenvalue weighted by Crippen LogP contribution is 2.35. The molecule has 106 valence electrons. The molecule has 0 amide bonds. The van der Waals surface area contributed by atoms with Gasteiger partial charge in [-0.05, 0) is 67.1 Å². The second-order valence-electron chi connectivity index (χ2n) is 5.24. The van der Waals surface area contributed by atoms with Crippen molar-refractivity contribution in [3.05, 3.63) is 63.2 Å². The average Bonchev–Trinajstić information content (AvgIpc) is 2.39. The zero-order valence-corrected chi connectivity index (χ0v) is 14.1. The maximum atomic E-state index is 11.0. The summed E-state index contributed by atoms with van der Waals surface area (Å²) in [7, 11) is 0. The van der Waals surface area contributed by atoms with Crippen molar-refractivity contribution < 1.29 is 9.84 Å². The Morgan fingerprint density at radius 1 is 1.05 bits per heavy atom. The van der Waals surface area contributed by atoms with Crippen molar-refractivity contribution in [2.75, 3.05) is 0 Å². The zero-order chi connectivity index (χ0) is 14.8. The molecule has 0 aliphatic rings. The van der Waals surface area contributed by atoms with Gasteiger partial charge in [0.2, 0.25) is 0 Å². The standard InChI is InChI=1S/C17H19IO2/c1-12(2)20-16-7-5-4-6-15(16)17(3,19)13-8-10-14(18)11-9-13/h4-12,19H,1-3H3. The van der Waals surface area contributed by atoms with Gasteiger partial charge in [-0.25, -0.2) is 0 Å². The molecule has 1 atom stereocenters. The Morgan fingerprint density at radius 2 is 1.65 bits per heavy atom. The van der Waals surface area contributed by atoms with E-state index < -0.39 is 5.60 Å². The minimum absolute atomic E-state index is 0.0728. The molecule has 0 heterocycles. The smallest absolute Gasteiger partial charge is 0.126 e. The normalized spacial score (nSPS) is 14.1. The fraction of sp³-hybridized carbons (Fsp3) is 0.294. The minimum Gasteiger partial charge on any atom is -0.491 e. The van der Waals surface area contributed by atoms with E-state index in [0.717, 1.165) is 20.4 Å². The van der Waals surface area contributed by atoms with Crippen LogP contribution in [-0.2, 0) is 5.60 Å². The summed E-state index contributed by atoms with van der Waals surface area (Å²) in [6, 6.07) is 15.6. The molecular formula is C17H19IO2. The fourth-order valence-electron chi connectivity index (χ4n) is 2.16. The van der Waals surface area contributed by atoms with Crippen molar-refractivity contribution >= 4 is 22.6 Å². The number of para-hydroxylation sites is 1. The van der Waals surface area contributed by atoms with Gasteiger partial charge < -0.3 is 9.84 Å². The molecule has 2 aromatic rings. The van der Waals surface area contributed by atoms with E-state index in [1.54, 1.807) is 6.92 Å². The molecule has 1 N–H and O–H groups in total. The molecule has 0 aliphatic heterocycles. The SMILES string of the molecule is CC(C)Oc1ccccc1C(C)(O)c1ccc(I)cc1. The molecule has 0 saturated carbocycles. The predicted molar refractivity (Wildman–Crippen MR) is 90.0 cm³/mol. The van der Waals surface area contributed by atoms with Crippen molar-refractivity contribution in [1.29, 1.82) is 0 Å². The molecule has 2 nitrogen and oxygen atoms in total. The summed E-state index contributed by atoms with van der Waals surface area (Å²) in [5.74, 6) is 0.728. The maximum absolute atomic E-state index is 11.0. The maximum Gasteiger partial charge on any atom is 0.126 e. The lowest BCUT2D eigenvalue weighted by Gasteiger charge is -2.27. The third kappa shape index (κ3) is 3.33. The summed E-state index contributed by atoms with van der Waals surface area (Å²) in [5, 5.41) is 11.0. The quantitative estimate of drug-likeness (QED) is 0.798. The fourth-order valence-corrected chi connectivity index (χ4v) is 2.52. The lowest BCUT2D eigenvalue weighted by atomic mass is 9.87. The van der Waals surface area contributed by atoms with Gasteiger partial charge in [0.1, 0.15) is 11.4 Å². The van der Waals surface area contributed by atoms with Gasteiger partial charge in [-0.3, -0.25) is 0 Å². The van der Waals surface area contributed by atoms with Crippen molar-refractivity contribution in [2.24, 2.45) is 0 Å². The first-order chi connectivity index (χ1) is 9.41. The summed E-state index contributed by atoms with van der Waals surface area (Å²) in [5.41, 5.74) is 0.572. The Bertz CT molecular complexity index is 574. The van der Waals surface area contributed by atoms with Crippen molar-refractivity contribution in [1.82, 2.24) is 0 Å². The molecule has 0 fully saturated rings. The third-order valence-corrected chi connectivity index (χ3v) is 3.90. The van der Waals surface area contributed by atoms with Crippen LogP contribution in [-0.4, -0.2) is 11.2 Å². The van der Waals surface area contributed by atoms with Crippen LogP contribution in [0.5, 0.6) is 5.75 Å². The number of benzene rings is 2. The van der Waals surface area contributed by atoms with E-state index in [1.165, 1.54) is 0 Å². The van der Waals surface area contributed by atoms with Crippen LogP contribution in [0.1, 0.15) is 31.9 Å².